The Bertz CT molecular complexity index is 222. The normalized spacial score (nSPS) is 11.9. The molecule has 0 aromatic heterocycles. The van der Waals surface area contributed by atoms with Gasteiger partial charge < -0.3 is 15.0 Å². The number of hydrogen-bond acceptors (Lipinski definition) is 3. The molecule has 4 nitrogen and oxygen atoms in total. The van der Waals surface area contributed by atoms with Gasteiger partial charge in [0.15, 0.2) is 0 Å². The minimum Gasteiger partial charge on any atom is -0.383 e. The summed E-state index contributed by atoms with van der Waals surface area (Å²) in [6.07, 6.45) is 0.541. The van der Waals surface area contributed by atoms with Crippen molar-refractivity contribution in [3.63, 3.8) is 0 Å². The Morgan fingerprint density at radius 2 is 1.94 bits per heavy atom. The first-order valence-electron chi connectivity index (χ1n) is 6.31. The Balaban J connectivity index is 4.06. The summed E-state index contributed by atoms with van der Waals surface area (Å²) in [6, 6.07) is 0.229. The zero-order valence-electron chi connectivity index (χ0n) is 12.2. The van der Waals surface area contributed by atoms with Crippen LogP contribution in [0.25, 0.3) is 0 Å². The lowest BCUT2D eigenvalue weighted by molar-refractivity contribution is -0.133. The van der Waals surface area contributed by atoms with Crippen LogP contribution in [-0.4, -0.2) is 49.2 Å². The molecule has 0 aromatic carbocycles. The van der Waals surface area contributed by atoms with E-state index < -0.39 is 0 Å². The van der Waals surface area contributed by atoms with Gasteiger partial charge in [0.2, 0.25) is 5.91 Å². The molecule has 0 heterocycles. The van der Waals surface area contributed by atoms with E-state index in [2.05, 4.69) is 26.1 Å². The summed E-state index contributed by atoms with van der Waals surface area (Å²) >= 11 is 0. The van der Waals surface area contributed by atoms with E-state index in [1.54, 1.807) is 7.11 Å². The molecule has 0 aliphatic heterocycles. The molecular weight excluding hydrogens is 216 g/mol. The molecule has 1 amide bonds. The Morgan fingerprint density at radius 1 is 1.35 bits per heavy atom. The van der Waals surface area contributed by atoms with Gasteiger partial charge in [0.05, 0.1) is 6.61 Å². The van der Waals surface area contributed by atoms with Crippen LogP contribution in [0.5, 0.6) is 0 Å². The predicted octanol–water partition coefficient (Wildman–Crippen LogP) is 1.65. The van der Waals surface area contributed by atoms with E-state index in [0.717, 1.165) is 6.54 Å². The maximum Gasteiger partial charge on any atom is 0.224 e. The lowest BCUT2D eigenvalue weighted by atomic mass is 10.1. The molecule has 0 unspecified atom stereocenters. The average molecular weight is 244 g/mol. The molecule has 0 bridgehead atoms. The highest BCUT2D eigenvalue weighted by molar-refractivity contribution is 5.76. The molecule has 0 saturated carbocycles. The van der Waals surface area contributed by atoms with E-state index in [9.17, 15) is 4.79 Å². The summed E-state index contributed by atoms with van der Waals surface area (Å²) in [7, 11) is 1.66. The van der Waals surface area contributed by atoms with Gasteiger partial charge in [0.1, 0.15) is 0 Å². The van der Waals surface area contributed by atoms with Crippen molar-refractivity contribution in [3.8, 4) is 0 Å². The summed E-state index contributed by atoms with van der Waals surface area (Å²) in [5.74, 6) is 0.189. The monoisotopic (exact) mass is 244 g/mol. The van der Waals surface area contributed by atoms with Gasteiger partial charge in [0, 0.05) is 38.2 Å². The second-order valence-corrected chi connectivity index (χ2v) is 5.60. The largest absolute Gasteiger partial charge is 0.383 e. The SMILES string of the molecule is COCCN(C(=O)CCNC(C)(C)C)C(C)C. The fourth-order valence-corrected chi connectivity index (χ4v) is 1.55. The Morgan fingerprint density at radius 3 is 2.35 bits per heavy atom. The molecule has 0 aliphatic rings. The number of nitrogens with zero attached hydrogens (tertiary/aromatic N) is 1. The van der Waals surface area contributed by atoms with Crippen LogP contribution < -0.4 is 5.32 Å². The molecule has 17 heavy (non-hydrogen) atoms. The van der Waals surface area contributed by atoms with E-state index in [0.29, 0.717) is 19.6 Å². The predicted molar refractivity (Wildman–Crippen MR) is 71.1 cm³/mol. The van der Waals surface area contributed by atoms with Gasteiger partial charge in [-0.3, -0.25) is 4.79 Å². The molecule has 0 rings (SSSR count). The van der Waals surface area contributed by atoms with Crippen molar-refractivity contribution >= 4 is 5.91 Å². The van der Waals surface area contributed by atoms with Crippen LogP contribution in [0, 0.1) is 0 Å². The van der Waals surface area contributed by atoms with Crippen LogP contribution in [0.1, 0.15) is 41.0 Å². The number of amides is 1. The van der Waals surface area contributed by atoms with Crippen LogP contribution in [-0.2, 0) is 9.53 Å². The highest BCUT2D eigenvalue weighted by Crippen LogP contribution is 2.03. The molecule has 0 atom stereocenters. The summed E-state index contributed by atoms with van der Waals surface area (Å²) in [5, 5.41) is 3.32. The lowest BCUT2D eigenvalue weighted by Crippen LogP contribution is -2.42. The van der Waals surface area contributed by atoms with Crippen LogP contribution in [0.4, 0.5) is 0 Å². The van der Waals surface area contributed by atoms with Gasteiger partial charge in [-0.2, -0.15) is 0 Å². The van der Waals surface area contributed by atoms with Crippen molar-refractivity contribution in [3.05, 3.63) is 0 Å². The molecule has 0 aromatic rings. The van der Waals surface area contributed by atoms with Gasteiger partial charge in [0.25, 0.3) is 0 Å². The average Bonchev–Trinajstić information content (AvgIpc) is 2.15. The van der Waals surface area contributed by atoms with Gasteiger partial charge in [-0.05, 0) is 34.6 Å². The standard InChI is InChI=1S/C13H28N2O2/c1-11(2)15(9-10-17-6)12(16)7-8-14-13(3,4)5/h11,14H,7-10H2,1-6H3. The Labute approximate surface area is 106 Å². The first-order valence-corrected chi connectivity index (χ1v) is 6.31. The molecule has 1 N–H and O–H groups in total. The van der Waals surface area contributed by atoms with E-state index in [4.69, 9.17) is 4.74 Å². The van der Waals surface area contributed by atoms with Crippen LogP contribution >= 0.6 is 0 Å². The van der Waals surface area contributed by atoms with E-state index in [1.807, 2.05) is 18.7 Å². The minimum absolute atomic E-state index is 0.0650. The summed E-state index contributed by atoms with van der Waals surface area (Å²) in [6.45, 7) is 12.3. The fourth-order valence-electron chi connectivity index (χ4n) is 1.55. The van der Waals surface area contributed by atoms with Gasteiger partial charge in [-0.1, -0.05) is 0 Å². The van der Waals surface area contributed by atoms with Crippen molar-refractivity contribution in [1.29, 1.82) is 0 Å². The molecular formula is C13H28N2O2. The second-order valence-electron chi connectivity index (χ2n) is 5.60. The number of rotatable bonds is 7. The van der Waals surface area contributed by atoms with E-state index in [1.165, 1.54) is 0 Å². The zero-order chi connectivity index (χ0) is 13.5. The zero-order valence-corrected chi connectivity index (χ0v) is 12.2. The van der Waals surface area contributed by atoms with Gasteiger partial charge >= 0.3 is 0 Å². The molecule has 0 saturated heterocycles. The van der Waals surface area contributed by atoms with Gasteiger partial charge in [-0.25, -0.2) is 0 Å². The Kier molecular flexibility index (Phi) is 7.39. The summed E-state index contributed by atoms with van der Waals surface area (Å²) < 4.78 is 5.02. The number of carbonyl (C=O) groups excluding carboxylic acids is 1. The number of ether oxygens (including phenoxy) is 1. The maximum atomic E-state index is 12.0. The number of methoxy groups -OCH3 is 1. The molecule has 4 heteroatoms. The first kappa shape index (κ1) is 16.4. The highest BCUT2D eigenvalue weighted by Gasteiger charge is 2.17. The summed E-state index contributed by atoms with van der Waals surface area (Å²) in [4.78, 5) is 13.9. The van der Waals surface area contributed by atoms with E-state index >= 15 is 0 Å². The highest BCUT2D eigenvalue weighted by atomic mass is 16.5. The van der Waals surface area contributed by atoms with Crippen LogP contribution in [0.15, 0.2) is 0 Å². The maximum absolute atomic E-state index is 12.0. The van der Waals surface area contributed by atoms with Crippen molar-refractivity contribution in [2.75, 3.05) is 26.8 Å². The van der Waals surface area contributed by atoms with Crippen molar-refractivity contribution < 1.29 is 9.53 Å². The van der Waals surface area contributed by atoms with Gasteiger partial charge in [-0.15, -0.1) is 0 Å². The second kappa shape index (κ2) is 7.67. The molecule has 0 fully saturated rings. The third-order valence-corrected chi connectivity index (χ3v) is 2.47. The van der Waals surface area contributed by atoms with Crippen molar-refractivity contribution in [2.45, 2.75) is 52.6 Å². The fraction of sp³-hybridized carbons (Fsp3) is 0.923. The third kappa shape index (κ3) is 8.16. The lowest BCUT2D eigenvalue weighted by Gasteiger charge is -2.27. The smallest absolute Gasteiger partial charge is 0.224 e. The molecule has 102 valence electrons. The first-order chi connectivity index (χ1) is 7.78. The summed E-state index contributed by atoms with van der Waals surface area (Å²) in [5.41, 5.74) is 0.0650. The van der Waals surface area contributed by atoms with Crippen LogP contribution in [0.3, 0.4) is 0 Å². The topological polar surface area (TPSA) is 41.6 Å². The number of carbonyl (C=O) groups is 1. The third-order valence-electron chi connectivity index (χ3n) is 2.47. The minimum atomic E-state index is 0.0650. The molecule has 0 aliphatic carbocycles. The number of hydrogen-bond donors (Lipinski definition) is 1. The Hall–Kier alpha value is -0.610. The number of nitrogens with one attached hydrogen (secondary N) is 1. The quantitative estimate of drug-likeness (QED) is 0.740. The van der Waals surface area contributed by atoms with E-state index in [-0.39, 0.29) is 17.5 Å². The molecule has 0 radical (unpaired) electrons. The van der Waals surface area contributed by atoms with Crippen molar-refractivity contribution in [1.82, 2.24) is 10.2 Å². The van der Waals surface area contributed by atoms with Crippen molar-refractivity contribution in [2.24, 2.45) is 0 Å². The molecule has 0 spiro atoms. The van der Waals surface area contributed by atoms with Crippen LogP contribution in [0.2, 0.25) is 0 Å².